The molecule has 4 heterocycles. The molecule has 1 aliphatic heterocycles. The zero-order chi connectivity index (χ0) is 18.6. The van der Waals surface area contributed by atoms with Gasteiger partial charge in [0.15, 0.2) is 11.5 Å². The molecule has 0 saturated heterocycles. The molecular weight excluding hydrogens is 342 g/mol. The van der Waals surface area contributed by atoms with Gasteiger partial charge in [0.05, 0.1) is 12.0 Å². The predicted octanol–water partition coefficient (Wildman–Crippen LogP) is 3.59. The van der Waals surface area contributed by atoms with Crippen LogP contribution in [-0.2, 0) is 4.79 Å². The van der Waals surface area contributed by atoms with Crippen molar-refractivity contribution in [2.45, 2.75) is 32.7 Å². The Hall–Kier alpha value is -3.22. The smallest absolute Gasteiger partial charge is 0.227 e. The molecule has 2 aliphatic rings. The van der Waals surface area contributed by atoms with Crippen molar-refractivity contribution in [2.24, 2.45) is 5.41 Å². The molecule has 1 N–H and O–H groups in total. The molecule has 3 aromatic rings. The summed E-state index contributed by atoms with van der Waals surface area (Å²) in [5.41, 5.74) is 2.33. The van der Waals surface area contributed by atoms with Crippen LogP contribution >= 0.6 is 0 Å². The Morgan fingerprint density at radius 1 is 1.22 bits per heavy atom. The number of Topliss-reactive ketones (excluding diaryl/α,β-unsaturated/α-hetero) is 1. The minimum Gasteiger partial charge on any atom is -0.461 e. The number of aromatic nitrogens is 4. The Balaban J connectivity index is 1.70. The van der Waals surface area contributed by atoms with Crippen molar-refractivity contribution in [2.75, 3.05) is 5.32 Å². The normalized spacial score (nSPS) is 20.8. The number of carbonyl (C=O) groups is 1. The van der Waals surface area contributed by atoms with E-state index in [1.54, 1.807) is 23.2 Å². The molecule has 0 bridgehead atoms. The first-order valence-corrected chi connectivity index (χ1v) is 8.96. The molecule has 0 aromatic carbocycles. The lowest BCUT2D eigenvalue weighted by Crippen LogP contribution is -2.36. The third-order valence-corrected chi connectivity index (χ3v) is 5.04. The van der Waals surface area contributed by atoms with Crippen LogP contribution in [-0.4, -0.2) is 25.5 Å². The molecule has 3 aromatic heterocycles. The number of fused-ring (bicyclic) bond motifs is 1. The lowest BCUT2D eigenvalue weighted by atomic mass is 9.73. The van der Waals surface area contributed by atoms with Crippen molar-refractivity contribution in [1.29, 1.82) is 0 Å². The largest absolute Gasteiger partial charge is 0.461 e. The number of anilines is 1. The van der Waals surface area contributed by atoms with Crippen molar-refractivity contribution in [3.8, 4) is 11.6 Å². The molecule has 0 saturated carbocycles. The highest BCUT2D eigenvalue weighted by molar-refractivity contribution is 6.00. The van der Waals surface area contributed by atoms with Crippen LogP contribution in [0.1, 0.15) is 38.4 Å². The van der Waals surface area contributed by atoms with Crippen molar-refractivity contribution in [3.63, 3.8) is 0 Å². The summed E-state index contributed by atoms with van der Waals surface area (Å²) in [5, 5.41) is 7.98. The second kappa shape index (κ2) is 5.64. The lowest BCUT2D eigenvalue weighted by Gasteiger charge is -2.37. The molecule has 1 aliphatic carbocycles. The first-order valence-electron chi connectivity index (χ1n) is 8.96. The summed E-state index contributed by atoms with van der Waals surface area (Å²) >= 11 is 0. The van der Waals surface area contributed by atoms with E-state index in [4.69, 9.17) is 4.42 Å². The first kappa shape index (κ1) is 16.0. The van der Waals surface area contributed by atoms with Gasteiger partial charge in [0.2, 0.25) is 11.8 Å². The molecule has 7 heteroatoms. The van der Waals surface area contributed by atoms with Gasteiger partial charge < -0.3 is 9.73 Å². The monoisotopic (exact) mass is 361 g/mol. The standard InChI is InChI=1S/C20H19N5O2/c1-20(2)10-13-16(14(26)11-20)17(12-6-3-4-8-21-12)25-19(22-13)23-18(24-25)15-7-5-9-27-15/h3-9,17H,10-11H2,1-2H3,(H,22,23,24). The fourth-order valence-corrected chi connectivity index (χ4v) is 3.93. The zero-order valence-electron chi connectivity index (χ0n) is 15.1. The molecule has 27 heavy (non-hydrogen) atoms. The topological polar surface area (TPSA) is 85.8 Å². The molecule has 5 rings (SSSR count). The number of pyridine rings is 1. The van der Waals surface area contributed by atoms with Gasteiger partial charge >= 0.3 is 0 Å². The van der Waals surface area contributed by atoms with Gasteiger partial charge in [-0.3, -0.25) is 9.78 Å². The average molecular weight is 361 g/mol. The van der Waals surface area contributed by atoms with Crippen LogP contribution in [0, 0.1) is 5.41 Å². The molecule has 0 fully saturated rings. The van der Waals surface area contributed by atoms with Gasteiger partial charge in [-0.1, -0.05) is 19.9 Å². The summed E-state index contributed by atoms with van der Waals surface area (Å²) in [6.07, 6.45) is 4.61. The number of hydrogen-bond acceptors (Lipinski definition) is 6. The minimum atomic E-state index is -0.391. The number of carbonyl (C=O) groups excluding carboxylic acids is 1. The molecular formula is C20H19N5O2. The number of ketones is 1. The molecule has 1 atom stereocenters. The number of nitrogens with zero attached hydrogens (tertiary/aromatic N) is 4. The van der Waals surface area contributed by atoms with Crippen molar-refractivity contribution in [3.05, 3.63) is 59.8 Å². The van der Waals surface area contributed by atoms with Crippen molar-refractivity contribution in [1.82, 2.24) is 19.7 Å². The predicted molar refractivity (Wildman–Crippen MR) is 98.8 cm³/mol. The van der Waals surface area contributed by atoms with Gasteiger partial charge in [0.1, 0.15) is 6.04 Å². The Labute approximate surface area is 156 Å². The number of furan rings is 1. The maximum atomic E-state index is 13.1. The number of hydrogen-bond donors (Lipinski definition) is 1. The van der Waals surface area contributed by atoms with Gasteiger partial charge in [-0.25, -0.2) is 4.68 Å². The average Bonchev–Trinajstić information content (AvgIpc) is 3.29. The van der Waals surface area contributed by atoms with E-state index in [9.17, 15) is 4.79 Å². The summed E-state index contributed by atoms with van der Waals surface area (Å²) in [6, 6.07) is 8.93. The molecule has 0 amide bonds. The van der Waals surface area contributed by atoms with Gasteiger partial charge in [-0.15, -0.1) is 5.10 Å². The Bertz CT molecular complexity index is 1050. The van der Waals surface area contributed by atoms with Crippen molar-refractivity contribution < 1.29 is 9.21 Å². The molecule has 0 spiro atoms. The molecule has 136 valence electrons. The second-order valence-electron chi connectivity index (χ2n) is 7.80. The quantitative estimate of drug-likeness (QED) is 0.751. The van der Waals surface area contributed by atoms with Gasteiger partial charge in [-0.05, 0) is 36.1 Å². The minimum absolute atomic E-state index is 0.0936. The number of allylic oxidation sites excluding steroid dienone is 2. The van der Waals surface area contributed by atoms with Gasteiger partial charge in [0.25, 0.3) is 0 Å². The van der Waals surface area contributed by atoms with Crippen LogP contribution in [0.5, 0.6) is 0 Å². The van der Waals surface area contributed by atoms with E-state index in [1.165, 1.54) is 0 Å². The van der Waals surface area contributed by atoms with Crippen LogP contribution in [0.25, 0.3) is 11.6 Å². The Morgan fingerprint density at radius 2 is 2.11 bits per heavy atom. The lowest BCUT2D eigenvalue weighted by molar-refractivity contribution is -0.118. The maximum Gasteiger partial charge on any atom is 0.227 e. The van der Waals surface area contributed by atoms with Crippen LogP contribution in [0.3, 0.4) is 0 Å². The fraction of sp³-hybridized carbons (Fsp3) is 0.300. The Kier molecular flexibility index (Phi) is 3.34. The van der Waals surface area contributed by atoms with Gasteiger partial charge in [-0.2, -0.15) is 4.98 Å². The molecule has 1 unspecified atom stereocenters. The molecule has 0 radical (unpaired) electrons. The van der Waals surface area contributed by atoms with E-state index < -0.39 is 6.04 Å². The summed E-state index contributed by atoms with van der Waals surface area (Å²) in [4.78, 5) is 22.2. The van der Waals surface area contributed by atoms with Crippen LogP contribution in [0.4, 0.5) is 5.95 Å². The first-order chi connectivity index (χ1) is 13.0. The van der Waals surface area contributed by atoms with Crippen molar-refractivity contribution >= 4 is 11.7 Å². The van der Waals surface area contributed by atoms with E-state index in [0.717, 1.165) is 23.4 Å². The highest BCUT2D eigenvalue weighted by Gasteiger charge is 2.42. The van der Waals surface area contributed by atoms with Crippen LogP contribution in [0.2, 0.25) is 0 Å². The summed E-state index contributed by atoms with van der Waals surface area (Å²) in [6.45, 7) is 4.22. The zero-order valence-corrected chi connectivity index (χ0v) is 15.1. The van der Waals surface area contributed by atoms with E-state index in [2.05, 4.69) is 34.2 Å². The molecule has 7 nitrogen and oxygen atoms in total. The van der Waals surface area contributed by atoms with E-state index in [0.29, 0.717) is 24.0 Å². The number of rotatable bonds is 2. The van der Waals surface area contributed by atoms with Crippen LogP contribution < -0.4 is 5.32 Å². The summed E-state index contributed by atoms with van der Waals surface area (Å²) < 4.78 is 7.19. The highest BCUT2D eigenvalue weighted by Crippen LogP contribution is 2.45. The third kappa shape index (κ3) is 2.58. The maximum absolute atomic E-state index is 13.1. The second-order valence-corrected chi connectivity index (χ2v) is 7.80. The third-order valence-electron chi connectivity index (χ3n) is 5.04. The summed E-state index contributed by atoms with van der Waals surface area (Å²) in [7, 11) is 0. The number of nitrogens with one attached hydrogen (secondary N) is 1. The highest BCUT2D eigenvalue weighted by atomic mass is 16.3. The van der Waals surface area contributed by atoms with E-state index >= 15 is 0 Å². The van der Waals surface area contributed by atoms with Crippen LogP contribution in [0.15, 0.2) is 58.5 Å². The summed E-state index contributed by atoms with van der Waals surface area (Å²) in [5.74, 6) is 1.80. The van der Waals surface area contributed by atoms with E-state index in [-0.39, 0.29) is 11.2 Å². The Morgan fingerprint density at radius 3 is 2.85 bits per heavy atom. The van der Waals surface area contributed by atoms with Gasteiger partial charge in [0, 0.05) is 23.9 Å². The SMILES string of the molecule is CC1(C)CC(=O)C2=C(C1)Nc1nc(-c3ccco3)nn1C2c1ccccn1. The van der Waals surface area contributed by atoms with E-state index in [1.807, 2.05) is 24.3 Å². The fourth-order valence-electron chi connectivity index (χ4n) is 3.93.